The molecule has 0 bridgehead atoms. The van der Waals surface area contributed by atoms with Crippen LogP contribution in [0.1, 0.15) is 85.4 Å². The van der Waals surface area contributed by atoms with Crippen LogP contribution in [0.25, 0.3) is 0 Å². The molecule has 1 N–H and O–H groups in total. The van der Waals surface area contributed by atoms with Crippen LogP contribution in [-0.2, 0) is 24.2 Å². The third-order valence-corrected chi connectivity index (χ3v) is 4.79. The first-order valence-corrected chi connectivity index (χ1v) is 12.8. The van der Waals surface area contributed by atoms with Gasteiger partial charge < -0.3 is 24.1 Å². The highest BCUT2D eigenvalue weighted by atomic mass is 16.5. The van der Waals surface area contributed by atoms with Gasteiger partial charge in [0.25, 0.3) is 0 Å². The normalized spacial score (nSPS) is 12.2. The van der Waals surface area contributed by atoms with Gasteiger partial charge in [0.05, 0.1) is 13.7 Å². The number of carboxylic acid groups (broad SMARTS) is 1. The number of carbonyl (C=O) groups is 1. The molecule has 0 amide bonds. The van der Waals surface area contributed by atoms with Gasteiger partial charge in [-0.3, -0.25) is 4.79 Å². The number of ether oxygens (including phenoxy) is 4. The van der Waals surface area contributed by atoms with E-state index in [1.165, 1.54) is 0 Å². The second-order valence-corrected chi connectivity index (χ2v) is 7.70. The number of carboxylic acids is 1. The van der Waals surface area contributed by atoms with E-state index in [-0.39, 0.29) is 12.0 Å². The minimum atomic E-state index is -0.831. The molecule has 0 aromatic heterocycles. The molecular formula is C29H46O6. The maximum atomic E-state index is 10.9. The number of fused-ring (bicyclic) bond motifs is 1. The number of hydrogen-bond donors (Lipinski definition) is 1. The average Bonchev–Trinajstić information content (AvgIpc) is 3.19. The molecule has 1 heterocycles. The van der Waals surface area contributed by atoms with Gasteiger partial charge in [0, 0.05) is 30.0 Å². The highest BCUT2D eigenvalue weighted by Crippen LogP contribution is 2.40. The van der Waals surface area contributed by atoms with Gasteiger partial charge in [0.15, 0.2) is 0 Å². The minimum Gasteiger partial charge on any atom is -0.497 e. The van der Waals surface area contributed by atoms with Gasteiger partial charge in [-0.05, 0) is 51.0 Å². The third kappa shape index (κ3) is 10.1. The van der Waals surface area contributed by atoms with Crippen LogP contribution in [0.15, 0.2) is 30.3 Å². The molecule has 0 saturated carbocycles. The molecule has 198 valence electrons. The van der Waals surface area contributed by atoms with Crippen molar-refractivity contribution in [3.05, 3.63) is 47.0 Å². The number of aryl methyl sites for hydroxylation is 1. The van der Waals surface area contributed by atoms with E-state index in [1.807, 2.05) is 78.8 Å². The summed E-state index contributed by atoms with van der Waals surface area (Å²) >= 11 is 0. The molecule has 0 saturated heterocycles. The standard InChI is InChI=1S/C23H28O6.3C2H6/c1-5-27-20-12-18(8-6-15(20)7-9-21(24)25)28-14-17-11-19(26-4)10-16-13-23(2,3)29-22(16)17;3*1-2/h6,8,10-12H,5,7,9,13-14H2,1-4H3,(H,24,25);3*1-2H3. The van der Waals surface area contributed by atoms with Crippen molar-refractivity contribution in [3.63, 3.8) is 0 Å². The Morgan fingerprint density at radius 3 is 2.20 bits per heavy atom. The van der Waals surface area contributed by atoms with Crippen molar-refractivity contribution >= 4 is 5.97 Å². The molecule has 0 aliphatic carbocycles. The predicted octanol–water partition coefficient (Wildman–Crippen LogP) is 7.48. The number of methoxy groups -OCH3 is 1. The third-order valence-electron chi connectivity index (χ3n) is 4.79. The van der Waals surface area contributed by atoms with Gasteiger partial charge in [-0.2, -0.15) is 0 Å². The summed E-state index contributed by atoms with van der Waals surface area (Å²) in [6.07, 6.45) is 1.29. The van der Waals surface area contributed by atoms with E-state index in [9.17, 15) is 4.79 Å². The molecule has 0 fully saturated rings. The van der Waals surface area contributed by atoms with Gasteiger partial charge >= 0.3 is 5.97 Å². The van der Waals surface area contributed by atoms with Crippen LogP contribution < -0.4 is 18.9 Å². The molecule has 2 aromatic rings. The van der Waals surface area contributed by atoms with Crippen molar-refractivity contribution < 1.29 is 28.8 Å². The van der Waals surface area contributed by atoms with E-state index in [4.69, 9.17) is 24.1 Å². The number of rotatable bonds is 9. The topological polar surface area (TPSA) is 74.2 Å². The molecule has 6 nitrogen and oxygen atoms in total. The van der Waals surface area contributed by atoms with Gasteiger partial charge in [-0.15, -0.1) is 0 Å². The molecule has 2 aromatic carbocycles. The molecule has 3 rings (SSSR count). The van der Waals surface area contributed by atoms with Crippen molar-refractivity contribution in [2.75, 3.05) is 13.7 Å². The van der Waals surface area contributed by atoms with Gasteiger partial charge in [0.1, 0.15) is 35.2 Å². The first-order valence-electron chi connectivity index (χ1n) is 12.8. The molecule has 0 radical (unpaired) electrons. The number of benzene rings is 2. The fourth-order valence-electron chi connectivity index (χ4n) is 3.50. The fraction of sp³-hybridized carbons (Fsp3) is 0.552. The SMILES string of the molecule is CC.CC.CC.CCOc1cc(OCc2cc(OC)cc3c2OC(C)(C)C3)ccc1CCC(=O)O. The smallest absolute Gasteiger partial charge is 0.303 e. The van der Waals surface area contributed by atoms with Gasteiger partial charge in [-0.1, -0.05) is 47.6 Å². The van der Waals surface area contributed by atoms with E-state index >= 15 is 0 Å². The van der Waals surface area contributed by atoms with Crippen LogP contribution in [-0.4, -0.2) is 30.4 Å². The second-order valence-electron chi connectivity index (χ2n) is 7.70. The molecule has 0 unspecified atom stereocenters. The monoisotopic (exact) mass is 490 g/mol. The summed E-state index contributed by atoms with van der Waals surface area (Å²) in [6, 6.07) is 9.46. The number of aliphatic carboxylic acids is 1. The van der Waals surface area contributed by atoms with Crippen LogP contribution in [0.4, 0.5) is 0 Å². The molecule has 1 aliphatic heterocycles. The molecular weight excluding hydrogens is 444 g/mol. The van der Waals surface area contributed by atoms with Crippen LogP contribution in [0.5, 0.6) is 23.0 Å². The van der Waals surface area contributed by atoms with Crippen molar-refractivity contribution in [2.45, 2.75) is 93.8 Å². The van der Waals surface area contributed by atoms with Crippen molar-refractivity contribution in [2.24, 2.45) is 0 Å². The average molecular weight is 491 g/mol. The summed E-state index contributed by atoms with van der Waals surface area (Å²) < 4.78 is 23.3. The maximum absolute atomic E-state index is 10.9. The Hall–Kier alpha value is -2.89. The Labute approximate surface area is 212 Å². The molecule has 6 heteroatoms. The minimum absolute atomic E-state index is 0.0589. The van der Waals surface area contributed by atoms with E-state index < -0.39 is 5.97 Å². The van der Waals surface area contributed by atoms with Crippen molar-refractivity contribution in [1.82, 2.24) is 0 Å². The summed E-state index contributed by atoms with van der Waals surface area (Å²) in [7, 11) is 1.65. The first kappa shape index (κ1) is 32.1. The summed E-state index contributed by atoms with van der Waals surface area (Å²) in [5.41, 5.74) is 2.65. The summed E-state index contributed by atoms with van der Waals surface area (Å²) in [6.45, 7) is 18.8. The van der Waals surface area contributed by atoms with Gasteiger partial charge in [0.2, 0.25) is 0 Å². The first-order chi connectivity index (χ1) is 16.8. The largest absolute Gasteiger partial charge is 0.497 e. The predicted molar refractivity (Wildman–Crippen MR) is 143 cm³/mol. The zero-order valence-electron chi connectivity index (χ0n) is 23.4. The van der Waals surface area contributed by atoms with Crippen molar-refractivity contribution in [3.8, 4) is 23.0 Å². The lowest BCUT2D eigenvalue weighted by atomic mass is 10.0. The highest BCUT2D eigenvalue weighted by molar-refractivity contribution is 5.67. The Morgan fingerprint density at radius 1 is 0.971 bits per heavy atom. The van der Waals surface area contributed by atoms with E-state index in [1.54, 1.807) is 7.11 Å². The van der Waals surface area contributed by atoms with Crippen LogP contribution >= 0.6 is 0 Å². The second kappa shape index (κ2) is 16.7. The molecule has 0 atom stereocenters. The Bertz CT molecular complexity index is 889. The van der Waals surface area contributed by atoms with Crippen molar-refractivity contribution in [1.29, 1.82) is 0 Å². The highest BCUT2D eigenvalue weighted by Gasteiger charge is 2.32. The Balaban J connectivity index is 0.00000179. The quantitative estimate of drug-likeness (QED) is 0.393. The van der Waals surface area contributed by atoms with E-state index in [2.05, 4.69) is 13.8 Å². The lowest BCUT2D eigenvalue weighted by Gasteiger charge is -2.18. The molecule has 0 spiro atoms. The van der Waals surface area contributed by atoms with Crippen LogP contribution in [0.3, 0.4) is 0 Å². The van der Waals surface area contributed by atoms with Gasteiger partial charge in [-0.25, -0.2) is 0 Å². The zero-order chi connectivity index (χ0) is 27.0. The van der Waals surface area contributed by atoms with Crippen LogP contribution in [0.2, 0.25) is 0 Å². The Kier molecular flexibility index (Phi) is 15.3. The lowest BCUT2D eigenvalue weighted by Crippen LogP contribution is -2.25. The fourth-order valence-corrected chi connectivity index (χ4v) is 3.50. The van der Waals surface area contributed by atoms with E-state index in [0.717, 1.165) is 34.6 Å². The Morgan fingerprint density at radius 2 is 1.63 bits per heavy atom. The van der Waals surface area contributed by atoms with Crippen LogP contribution in [0, 0.1) is 0 Å². The molecule has 1 aliphatic rings. The van der Waals surface area contributed by atoms with E-state index in [0.29, 0.717) is 31.1 Å². The summed E-state index contributed by atoms with van der Waals surface area (Å²) in [5, 5.41) is 8.93. The maximum Gasteiger partial charge on any atom is 0.303 e. The lowest BCUT2D eigenvalue weighted by molar-refractivity contribution is -0.136. The number of hydrogen-bond acceptors (Lipinski definition) is 5. The molecule has 35 heavy (non-hydrogen) atoms. The summed E-state index contributed by atoms with van der Waals surface area (Å²) in [5.74, 6) is 2.12. The zero-order valence-corrected chi connectivity index (χ0v) is 23.4. The summed E-state index contributed by atoms with van der Waals surface area (Å²) in [4.78, 5) is 10.9.